The number of aryl methyl sites for hydroxylation is 1. The molecule has 1 aromatic carbocycles. The number of carbonyl (C=O) groups is 1. The van der Waals surface area contributed by atoms with E-state index in [1.54, 1.807) is 0 Å². The van der Waals surface area contributed by atoms with Crippen molar-refractivity contribution in [3.8, 4) is 0 Å². The Morgan fingerprint density at radius 2 is 2.00 bits per heavy atom. The van der Waals surface area contributed by atoms with Crippen molar-refractivity contribution in [2.24, 2.45) is 5.41 Å². The number of hydrogen-bond donors (Lipinski definition) is 2. The number of hydrogen-bond acceptors (Lipinski definition) is 2. The summed E-state index contributed by atoms with van der Waals surface area (Å²) in [5, 5.41) is 12.7. The second-order valence-corrected chi connectivity index (χ2v) is 5.95. The van der Waals surface area contributed by atoms with E-state index in [0.717, 1.165) is 24.0 Å². The Morgan fingerprint density at radius 3 is 2.42 bits per heavy atom. The predicted octanol–water partition coefficient (Wildman–Crippen LogP) is 3.24. The molecule has 0 radical (unpaired) electrons. The van der Waals surface area contributed by atoms with Crippen molar-refractivity contribution >= 4 is 5.97 Å². The topological polar surface area (TPSA) is 49.3 Å². The number of carboxylic acids is 1. The van der Waals surface area contributed by atoms with E-state index in [9.17, 15) is 9.90 Å². The number of benzene rings is 1. The van der Waals surface area contributed by atoms with E-state index in [1.165, 1.54) is 5.56 Å². The van der Waals surface area contributed by atoms with Gasteiger partial charge in [-0.25, -0.2) is 0 Å². The van der Waals surface area contributed by atoms with Gasteiger partial charge in [-0.1, -0.05) is 32.0 Å². The zero-order chi connectivity index (χ0) is 14.2. The average molecular weight is 261 g/mol. The molecule has 1 fully saturated rings. The summed E-state index contributed by atoms with van der Waals surface area (Å²) in [4.78, 5) is 11.5. The standard InChI is InChI=1S/C16H23NO2/c1-10(2)12-6-5-11(3)13(9-12)14(17-4)16(7-8-16)15(18)19/h5-6,9-10,14,17H,7-8H2,1-4H3,(H,18,19). The van der Waals surface area contributed by atoms with Crippen LogP contribution in [0.15, 0.2) is 18.2 Å². The van der Waals surface area contributed by atoms with Crippen LogP contribution in [-0.4, -0.2) is 18.1 Å². The Balaban J connectivity index is 2.44. The molecular weight excluding hydrogens is 238 g/mol. The largest absolute Gasteiger partial charge is 0.481 e. The molecule has 19 heavy (non-hydrogen) atoms. The lowest BCUT2D eigenvalue weighted by Gasteiger charge is -2.26. The summed E-state index contributed by atoms with van der Waals surface area (Å²) in [5.74, 6) is -0.224. The minimum absolute atomic E-state index is 0.0938. The predicted molar refractivity (Wildman–Crippen MR) is 76.4 cm³/mol. The molecule has 1 aliphatic rings. The Labute approximate surface area is 115 Å². The number of carboxylic acid groups (broad SMARTS) is 1. The highest BCUT2D eigenvalue weighted by atomic mass is 16.4. The van der Waals surface area contributed by atoms with E-state index in [1.807, 2.05) is 7.05 Å². The fourth-order valence-electron chi connectivity index (χ4n) is 2.82. The molecule has 2 rings (SSSR count). The third-order valence-electron chi connectivity index (χ3n) is 4.34. The highest BCUT2D eigenvalue weighted by Gasteiger charge is 2.56. The van der Waals surface area contributed by atoms with Gasteiger partial charge in [0.15, 0.2) is 0 Å². The number of aliphatic carboxylic acids is 1. The Hall–Kier alpha value is -1.35. The summed E-state index contributed by atoms with van der Waals surface area (Å²) in [6.07, 6.45) is 1.53. The Bertz CT molecular complexity index is 490. The van der Waals surface area contributed by atoms with Gasteiger partial charge in [0.25, 0.3) is 0 Å². The monoisotopic (exact) mass is 261 g/mol. The summed E-state index contributed by atoms with van der Waals surface area (Å²) in [6, 6.07) is 6.32. The van der Waals surface area contributed by atoms with Crippen LogP contribution >= 0.6 is 0 Å². The summed E-state index contributed by atoms with van der Waals surface area (Å²) in [7, 11) is 1.86. The first kappa shape index (κ1) is 14.1. The smallest absolute Gasteiger partial charge is 0.311 e. The van der Waals surface area contributed by atoms with Gasteiger partial charge in [-0.3, -0.25) is 4.79 Å². The number of rotatable bonds is 5. The molecule has 1 saturated carbocycles. The van der Waals surface area contributed by atoms with Gasteiger partial charge in [-0.15, -0.1) is 0 Å². The Morgan fingerprint density at radius 1 is 1.37 bits per heavy atom. The van der Waals surface area contributed by atoms with Crippen molar-refractivity contribution in [3.05, 3.63) is 34.9 Å². The first-order valence-corrected chi connectivity index (χ1v) is 6.93. The summed E-state index contributed by atoms with van der Waals surface area (Å²) >= 11 is 0. The maximum atomic E-state index is 11.5. The van der Waals surface area contributed by atoms with Crippen molar-refractivity contribution in [3.63, 3.8) is 0 Å². The lowest BCUT2D eigenvalue weighted by atomic mass is 9.85. The number of nitrogens with one attached hydrogen (secondary N) is 1. The second kappa shape index (κ2) is 4.97. The molecule has 1 aromatic rings. The normalized spacial score (nSPS) is 18.4. The maximum absolute atomic E-state index is 11.5. The zero-order valence-electron chi connectivity index (χ0n) is 12.2. The van der Waals surface area contributed by atoms with Crippen LogP contribution in [0, 0.1) is 12.3 Å². The Kier molecular flexibility index (Phi) is 3.68. The highest BCUT2D eigenvalue weighted by Crippen LogP contribution is 2.55. The van der Waals surface area contributed by atoms with Crippen molar-refractivity contribution in [1.82, 2.24) is 5.32 Å². The van der Waals surface area contributed by atoms with Crippen LogP contribution in [0.5, 0.6) is 0 Å². The minimum Gasteiger partial charge on any atom is -0.481 e. The molecule has 3 heteroatoms. The van der Waals surface area contributed by atoms with E-state index >= 15 is 0 Å². The molecule has 0 amide bonds. The van der Waals surface area contributed by atoms with Gasteiger partial charge in [0.05, 0.1) is 5.41 Å². The van der Waals surface area contributed by atoms with Gasteiger partial charge in [-0.2, -0.15) is 0 Å². The van der Waals surface area contributed by atoms with Crippen molar-refractivity contribution < 1.29 is 9.90 Å². The van der Waals surface area contributed by atoms with E-state index in [2.05, 4.69) is 44.3 Å². The molecule has 0 aromatic heterocycles. The van der Waals surface area contributed by atoms with Crippen LogP contribution < -0.4 is 5.32 Å². The van der Waals surface area contributed by atoms with Crippen LogP contribution in [0.25, 0.3) is 0 Å². The van der Waals surface area contributed by atoms with E-state index in [0.29, 0.717) is 5.92 Å². The molecule has 104 valence electrons. The highest BCUT2D eigenvalue weighted by molar-refractivity contribution is 5.79. The van der Waals surface area contributed by atoms with E-state index in [-0.39, 0.29) is 6.04 Å². The van der Waals surface area contributed by atoms with Crippen LogP contribution in [-0.2, 0) is 4.79 Å². The van der Waals surface area contributed by atoms with E-state index in [4.69, 9.17) is 0 Å². The van der Waals surface area contributed by atoms with Gasteiger partial charge in [0.1, 0.15) is 0 Å². The van der Waals surface area contributed by atoms with Crippen LogP contribution in [0.1, 0.15) is 55.3 Å². The van der Waals surface area contributed by atoms with Gasteiger partial charge < -0.3 is 10.4 Å². The molecule has 0 heterocycles. The third-order valence-corrected chi connectivity index (χ3v) is 4.34. The van der Waals surface area contributed by atoms with Gasteiger partial charge in [0.2, 0.25) is 0 Å². The maximum Gasteiger partial charge on any atom is 0.311 e. The lowest BCUT2D eigenvalue weighted by molar-refractivity contribution is -0.144. The van der Waals surface area contributed by atoms with Crippen LogP contribution in [0.3, 0.4) is 0 Å². The molecule has 0 bridgehead atoms. The fraction of sp³-hybridized carbons (Fsp3) is 0.562. The fourth-order valence-corrected chi connectivity index (χ4v) is 2.82. The van der Waals surface area contributed by atoms with Gasteiger partial charge in [-0.05, 0) is 49.4 Å². The molecule has 1 atom stereocenters. The molecule has 0 aliphatic heterocycles. The van der Waals surface area contributed by atoms with Crippen LogP contribution in [0.2, 0.25) is 0 Å². The average Bonchev–Trinajstić information content (AvgIpc) is 3.13. The molecule has 3 nitrogen and oxygen atoms in total. The molecular formula is C16H23NO2. The molecule has 2 N–H and O–H groups in total. The van der Waals surface area contributed by atoms with Gasteiger partial charge in [0, 0.05) is 6.04 Å². The van der Waals surface area contributed by atoms with Crippen molar-refractivity contribution in [1.29, 1.82) is 0 Å². The van der Waals surface area contributed by atoms with Gasteiger partial charge >= 0.3 is 5.97 Å². The van der Waals surface area contributed by atoms with Crippen LogP contribution in [0.4, 0.5) is 0 Å². The first-order valence-electron chi connectivity index (χ1n) is 6.93. The van der Waals surface area contributed by atoms with Crippen molar-refractivity contribution in [2.75, 3.05) is 7.05 Å². The third kappa shape index (κ3) is 2.39. The van der Waals surface area contributed by atoms with E-state index < -0.39 is 11.4 Å². The molecule has 0 spiro atoms. The lowest BCUT2D eigenvalue weighted by Crippen LogP contribution is -2.33. The second-order valence-electron chi connectivity index (χ2n) is 5.95. The molecule has 1 aliphatic carbocycles. The zero-order valence-corrected chi connectivity index (χ0v) is 12.2. The molecule has 0 saturated heterocycles. The summed E-state index contributed by atoms with van der Waals surface area (Å²) in [5.41, 5.74) is 2.96. The minimum atomic E-state index is -0.679. The SMILES string of the molecule is CNC(c1cc(C(C)C)ccc1C)C1(C(=O)O)CC1. The summed E-state index contributed by atoms with van der Waals surface area (Å²) in [6.45, 7) is 6.38. The van der Waals surface area contributed by atoms with Crippen molar-refractivity contribution in [2.45, 2.75) is 45.6 Å². The first-order chi connectivity index (χ1) is 8.92. The quantitative estimate of drug-likeness (QED) is 0.855. The summed E-state index contributed by atoms with van der Waals surface area (Å²) < 4.78 is 0. The molecule has 1 unspecified atom stereocenters.